The minimum absolute atomic E-state index is 0.248. The van der Waals surface area contributed by atoms with Gasteiger partial charge in [-0.3, -0.25) is 4.98 Å². The normalized spacial score (nSPS) is 16.1. The molecule has 0 aliphatic carbocycles. The van der Waals surface area contributed by atoms with Crippen LogP contribution in [0.2, 0.25) is 0 Å². The molecule has 0 saturated carbocycles. The van der Waals surface area contributed by atoms with Crippen molar-refractivity contribution in [2.24, 2.45) is 11.5 Å². The molecule has 84 valence electrons. The second-order valence-electron chi connectivity index (χ2n) is 3.21. The van der Waals surface area contributed by atoms with E-state index in [2.05, 4.69) is 9.97 Å². The predicted molar refractivity (Wildman–Crippen MR) is 47.6 cm³/mol. The quantitative estimate of drug-likeness (QED) is 0.774. The van der Waals surface area contributed by atoms with Crippen molar-refractivity contribution in [1.82, 2.24) is 9.97 Å². The second kappa shape index (κ2) is 4.11. The molecule has 2 atom stereocenters. The van der Waals surface area contributed by atoms with E-state index in [0.29, 0.717) is 6.20 Å². The van der Waals surface area contributed by atoms with Gasteiger partial charge in [0.1, 0.15) is 0 Å². The van der Waals surface area contributed by atoms with Crippen molar-refractivity contribution in [3.63, 3.8) is 0 Å². The highest BCUT2D eigenvalue weighted by Crippen LogP contribution is 2.26. The molecule has 2 unspecified atom stereocenters. The van der Waals surface area contributed by atoms with Crippen LogP contribution in [0.5, 0.6) is 0 Å². The fourth-order valence-corrected chi connectivity index (χ4v) is 0.926. The van der Waals surface area contributed by atoms with Crippen LogP contribution in [0.15, 0.2) is 12.4 Å². The maximum absolute atomic E-state index is 12.1. The zero-order valence-electron chi connectivity index (χ0n) is 7.99. The number of nitrogens with zero attached hydrogens (tertiary/aromatic N) is 2. The molecule has 15 heavy (non-hydrogen) atoms. The molecule has 0 aliphatic rings. The monoisotopic (exact) mass is 220 g/mol. The Hall–Kier alpha value is -1.21. The summed E-state index contributed by atoms with van der Waals surface area (Å²) >= 11 is 0. The molecule has 7 heteroatoms. The largest absolute Gasteiger partial charge is 0.434 e. The van der Waals surface area contributed by atoms with E-state index in [-0.39, 0.29) is 5.69 Å². The van der Waals surface area contributed by atoms with Crippen LogP contribution in [0.25, 0.3) is 0 Å². The Bertz CT molecular complexity index is 320. The van der Waals surface area contributed by atoms with Gasteiger partial charge in [0, 0.05) is 6.04 Å². The molecule has 0 amide bonds. The van der Waals surface area contributed by atoms with Crippen LogP contribution in [0.4, 0.5) is 13.2 Å². The molecule has 1 aromatic heterocycles. The lowest BCUT2D eigenvalue weighted by Crippen LogP contribution is -2.32. The molecule has 1 rings (SSSR count). The maximum atomic E-state index is 12.1. The summed E-state index contributed by atoms with van der Waals surface area (Å²) in [6.45, 7) is 1.64. The molecule has 0 aromatic carbocycles. The van der Waals surface area contributed by atoms with Gasteiger partial charge in [0.2, 0.25) is 0 Å². The van der Waals surface area contributed by atoms with Crippen LogP contribution in [0, 0.1) is 0 Å². The van der Waals surface area contributed by atoms with Crippen molar-refractivity contribution in [3.8, 4) is 0 Å². The summed E-state index contributed by atoms with van der Waals surface area (Å²) in [5.74, 6) is 0. The van der Waals surface area contributed by atoms with Crippen LogP contribution in [0.3, 0.4) is 0 Å². The van der Waals surface area contributed by atoms with Crippen molar-refractivity contribution < 1.29 is 13.2 Å². The molecule has 0 radical (unpaired) electrons. The lowest BCUT2D eigenvalue weighted by atomic mass is 10.1. The van der Waals surface area contributed by atoms with Gasteiger partial charge in [0.05, 0.1) is 24.1 Å². The Balaban J connectivity index is 2.91. The lowest BCUT2D eigenvalue weighted by Gasteiger charge is -2.14. The van der Waals surface area contributed by atoms with Gasteiger partial charge >= 0.3 is 6.18 Å². The minimum Gasteiger partial charge on any atom is -0.326 e. The van der Waals surface area contributed by atoms with Crippen molar-refractivity contribution >= 4 is 0 Å². The standard InChI is InChI=1S/C8H11F3N4/c1-4(12)7(13)5-2-15-6(3-14-5)8(9,10)11/h2-4,7H,12-13H2,1H3. The van der Waals surface area contributed by atoms with Gasteiger partial charge in [0.25, 0.3) is 0 Å². The highest BCUT2D eigenvalue weighted by Gasteiger charge is 2.33. The fraction of sp³-hybridized carbons (Fsp3) is 0.500. The second-order valence-corrected chi connectivity index (χ2v) is 3.21. The van der Waals surface area contributed by atoms with Crippen LogP contribution >= 0.6 is 0 Å². The first kappa shape index (κ1) is 11.9. The average molecular weight is 220 g/mol. The van der Waals surface area contributed by atoms with E-state index in [0.717, 1.165) is 6.20 Å². The number of hydrogen-bond acceptors (Lipinski definition) is 4. The molecule has 1 heterocycles. The SMILES string of the molecule is CC(N)C(N)c1cnc(C(F)(F)F)cn1. The van der Waals surface area contributed by atoms with Gasteiger partial charge < -0.3 is 11.5 Å². The van der Waals surface area contributed by atoms with Crippen LogP contribution < -0.4 is 11.5 Å². The minimum atomic E-state index is -4.48. The smallest absolute Gasteiger partial charge is 0.326 e. The highest BCUT2D eigenvalue weighted by molar-refractivity contribution is 5.09. The Morgan fingerprint density at radius 3 is 2.13 bits per heavy atom. The first-order valence-electron chi connectivity index (χ1n) is 4.22. The number of aromatic nitrogens is 2. The van der Waals surface area contributed by atoms with Crippen molar-refractivity contribution in [1.29, 1.82) is 0 Å². The Kier molecular flexibility index (Phi) is 3.25. The number of halogens is 3. The number of alkyl halides is 3. The molecule has 4 N–H and O–H groups in total. The zero-order valence-corrected chi connectivity index (χ0v) is 7.99. The van der Waals surface area contributed by atoms with Gasteiger partial charge in [-0.05, 0) is 6.92 Å². The Labute approximate surface area is 84.5 Å². The van der Waals surface area contributed by atoms with Crippen molar-refractivity contribution in [2.75, 3.05) is 0 Å². The molecule has 0 spiro atoms. The predicted octanol–water partition coefficient (Wildman–Crippen LogP) is 0.842. The van der Waals surface area contributed by atoms with Crippen molar-refractivity contribution in [3.05, 3.63) is 23.8 Å². The Morgan fingerprint density at radius 2 is 1.80 bits per heavy atom. The summed E-state index contributed by atoms with van der Waals surface area (Å²) < 4.78 is 36.4. The van der Waals surface area contributed by atoms with E-state index in [1.165, 1.54) is 0 Å². The van der Waals surface area contributed by atoms with E-state index < -0.39 is 24.0 Å². The fourth-order valence-electron chi connectivity index (χ4n) is 0.926. The van der Waals surface area contributed by atoms with Crippen LogP contribution in [-0.2, 0) is 6.18 Å². The molecular weight excluding hydrogens is 209 g/mol. The van der Waals surface area contributed by atoms with Gasteiger partial charge in [-0.1, -0.05) is 0 Å². The summed E-state index contributed by atoms with van der Waals surface area (Å²) in [7, 11) is 0. The van der Waals surface area contributed by atoms with E-state index >= 15 is 0 Å². The molecular formula is C8H11F3N4. The van der Waals surface area contributed by atoms with Crippen LogP contribution in [-0.4, -0.2) is 16.0 Å². The summed E-state index contributed by atoms with van der Waals surface area (Å²) in [6, 6.07) is -1.00. The van der Waals surface area contributed by atoms with E-state index in [4.69, 9.17) is 11.5 Å². The molecule has 1 aromatic rings. The van der Waals surface area contributed by atoms with E-state index in [9.17, 15) is 13.2 Å². The van der Waals surface area contributed by atoms with Gasteiger partial charge in [-0.25, -0.2) is 4.98 Å². The number of nitrogens with two attached hydrogens (primary N) is 2. The average Bonchev–Trinajstić information content (AvgIpc) is 2.15. The summed E-state index contributed by atoms with van der Waals surface area (Å²) in [5.41, 5.74) is 10.3. The summed E-state index contributed by atoms with van der Waals surface area (Å²) in [4.78, 5) is 6.81. The first-order valence-corrected chi connectivity index (χ1v) is 4.22. The highest BCUT2D eigenvalue weighted by atomic mass is 19.4. The van der Waals surface area contributed by atoms with Crippen molar-refractivity contribution in [2.45, 2.75) is 25.2 Å². The van der Waals surface area contributed by atoms with Gasteiger partial charge in [-0.15, -0.1) is 0 Å². The molecule has 0 bridgehead atoms. The third-order valence-corrected chi connectivity index (χ3v) is 1.87. The summed E-state index contributed by atoms with van der Waals surface area (Å²) in [5, 5.41) is 0. The third-order valence-electron chi connectivity index (χ3n) is 1.87. The maximum Gasteiger partial charge on any atom is 0.434 e. The zero-order chi connectivity index (χ0) is 11.6. The molecule has 4 nitrogen and oxygen atoms in total. The Morgan fingerprint density at radius 1 is 1.20 bits per heavy atom. The number of rotatable bonds is 2. The first-order chi connectivity index (χ1) is 6.82. The molecule has 0 fully saturated rings. The third kappa shape index (κ3) is 2.87. The van der Waals surface area contributed by atoms with E-state index in [1.54, 1.807) is 6.92 Å². The molecule has 0 aliphatic heterocycles. The summed E-state index contributed by atoms with van der Waals surface area (Å²) in [6.07, 6.45) is -2.83. The topological polar surface area (TPSA) is 77.8 Å². The van der Waals surface area contributed by atoms with Crippen LogP contribution in [0.1, 0.15) is 24.4 Å². The van der Waals surface area contributed by atoms with Gasteiger partial charge in [0.15, 0.2) is 5.69 Å². The number of hydrogen-bond donors (Lipinski definition) is 2. The lowest BCUT2D eigenvalue weighted by molar-refractivity contribution is -0.141. The molecule has 0 saturated heterocycles. The van der Waals surface area contributed by atoms with Gasteiger partial charge in [-0.2, -0.15) is 13.2 Å². The van der Waals surface area contributed by atoms with E-state index in [1.807, 2.05) is 0 Å².